The van der Waals surface area contributed by atoms with E-state index in [2.05, 4.69) is 10.3 Å². The Morgan fingerprint density at radius 3 is 3.00 bits per heavy atom. The predicted molar refractivity (Wildman–Crippen MR) is 69.7 cm³/mol. The van der Waals surface area contributed by atoms with Crippen molar-refractivity contribution in [3.63, 3.8) is 0 Å². The molecule has 0 spiro atoms. The number of hydrogen-bond donors (Lipinski definition) is 1. The number of benzene rings is 1. The van der Waals surface area contributed by atoms with E-state index < -0.39 is 0 Å². The van der Waals surface area contributed by atoms with E-state index >= 15 is 0 Å². The zero-order valence-electron chi connectivity index (χ0n) is 9.82. The van der Waals surface area contributed by atoms with Gasteiger partial charge in [0.05, 0.1) is 22.4 Å². The largest absolute Gasteiger partial charge is 0.462 e. The number of rotatable bonds is 4. The highest BCUT2D eigenvalue weighted by Gasteiger charge is 2.09. The second-order valence-corrected chi connectivity index (χ2v) is 4.48. The van der Waals surface area contributed by atoms with E-state index in [1.807, 2.05) is 19.1 Å². The summed E-state index contributed by atoms with van der Waals surface area (Å²) in [5.41, 5.74) is 1.48. The van der Waals surface area contributed by atoms with Gasteiger partial charge in [0.15, 0.2) is 5.13 Å². The van der Waals surface area contributed by atoms with Crippen LogP contribution in [-0.2, 0) is 4.74 Å². The number of aromatic nitrogens is 1. The Morgan fingerprint density at radius 1 is 1.47 bits per heavy atom. The summed E-state index contributed by atoms with van der Waals surface area (Å²) in [7, 11) is 0. The molecule has 0 amide bonds. The summed E-state index contributed by atoms with van der Waals surface area (Å²) in [4.78, 5) is 16.0. The number of nitrogens with zero attached hydrogens (tertiary/aromatic N) is 1. The van der Waals surface area contributed by atoms with Gasteiger partial charge in [0.2, 0.25) is 0 Å². The molecule has 0 aliphatic carbocycles. The Kier molecular flexibility index (Phi) is 3.58. The van der Waals surface area contributed by atoms with E-state index in [1.165, 1.54) is 0 Å². The Morgan fingerprint density at radius 2 is 2.29 bits per heavy atom. The van der Waals surface area contributed by atoms with Crippen molar-refractivity contribution in [3.8, 4) is 0 Å². The molecule has 4 nitrogen and oxygen atoms in total. The van der Waals surface area contributed by atoms with Crippen LogP contribution in [0.5, 0.6) is 0 Å². The van der Waals surface area contributed by atoms with Crippen LogP contribution in [0.15, 0.2) is 18.2 Å². The summed E-state index contributed by atoms with van der Waals surface area (Å²) in [5.74, 6) is -0.284. The molecular formula is C12H14N2O2S. The second kappa shape index (κ2) is 5.14. The van der Waals surface area contributed by atoms with Crippen molar-refractivity contribution in [2.24, 2.45) is 0 Å². The van der Waals surface area contributed by atoms with Gasteiger partial charge in [-0.05, 0) is 32.0 Å². The number of carbonyl (C=O) groups excluding carboxylic acids is 1. The van der Waals surface area contributed by atoms with Crippen molar-refractivity contribution < 1.29 is 9.53 Å². The maximum absolute atomic E-state index is 11.6. The van der Waals surface area contributed by atoms with Crippen LogP contribution in [0, 0.1) is 0 Å². The first-order valence-electron chi connectivity index (χ1n) is 5.56. The number of ether oxygens (including phenoxy) is 1. The molecular weight excluding hydrogens is 236 g/mol. The van der Waals surface area contributed by atoms with Crippen LogP contribution >= 0.6 is 11.3 Å². The summed E-state index contributed by atoms with van der Waals surface area (Å²) in [6.45, 7) is 5.05. The van der Waals surface area contributed by atoms with Gasteiger partial charge in [0, 0.05) is 6.54 Å². The highest BCUT2D eigenvalue weighted by Crippen LogP contribution is 2.26. The zero-order chi connectivity index (χ0) is 12.3. The number of anilines is 1. The summed E-state index contributed by atoms with van der Waals surface area (Å²) in [5, 5.41) is 4.04. The summed E-state index contributed by atoms with van der Waals surface area (Å²) in [6.07, 6.45) is 0. The highest BCUT2D eigenvalue weighted by atomic mass is 32.1. The van der Waals surface area contributed by atoms with Gasteiger partial charge in [-0.1, -0.05) is 11.3 Å². The lowest BCUT2D eigenvalue weighted by Crippen LogP contribution is -2.03. The maximum Gasteiger partial charge on any atom is 0.338 e. The monoisotopic (exact) mass is 250 g/mol. The van der Waals surface area contributed by atoms with E-state index in [0.717, 1.165) is 21.9 Å². The maximum atomic E-state index is 11.6. The van der Waals surface area contributed by atoms with Gasteiger partial charge < -0.3 is 10.1 Å². The quantitative estimate of drug-likeness (QED) is 0.848. The summed E-state index contributed by atoms with van der Waals surface area (Å²) >= 11 is 1.54. The smallest absolute Gasteiger partial charge is 0.338 e. The fourth-order valence-corrected chi connectivity index (χ4v) is 2.47. The molecule has 0 bridgehead atoms. The number of hydrogen-bond acceptors (Lipinski definition) is 5. The van der Waals surface area contributed by atoms with Crippen LogP contribution in [0.1, 0.15) is 24.2 Å². The third-order valence-electron chi connectivity index (χ3n) is 2.23. The lowest BCUT2D eigenvalue weighted by molar-refractivity contribution is 0.0526. The minimum atomic E-state index is -0.284. The van der Waals surface area contributed by atoms with Crippen molar-refractivity contribution in [3.05, 3.63) is 23.8 Å². The zero-order valence-corrected chi connectivity index (χ0v) is 10.6. The molecule has 1 N–H and O–H groups in total. The predicted octanol–water partition coefficient (Wildman–Crippen LogP) is 2.90. The summed E-state index contributed by atoms with van der Waals surface area (Å²) < 4.78 is 5.95. The lowest BCUT2D eigenvalue weighted by atomic mass is 10.2. The van der Waals surface area contributed by atoms with Crippen LogP contribution in [0.4, 0.5) is 5.13 Å². The van der Waals surface area contributed by atoms with Gasteiger partial charge in [-0.2, -0.15) is 0 Å². The molecule has 2 aromatic rings. The summed E-state index contributed by atoms with van der Waals surface area (Å²) in [6, 6.07) is 5.42. The van der Waals surface area contributed by atoms with Gasteiger partial charge in [0.1, 0.15) is 0 Å². The molecule has 0 aliphatic heterocycles. The van der Waals surface area contributed by atoms with Crippen LogP contribution in [0.25, 0.3) is 10.2 Å². The van der Waals surface area contributed by atoms with Crippen molar-refractivity contribution in [2.45, 2.75) is 13.8 Å². The molecule has 0 fully saturated rings. The molecule has 0 saturated carbocycles. The van der Waals surface area contributed by atoms with Gasteiger partial charge >= 0.3 is 5.97 Å². The topological polar surface area (TPSA) is 51.2 Å². The van der Waals surface area contributed by atoms with Crippen LogP contribution in [0.3, 0.4) is 0 Å². The molecule has 0 aliphatic rings. The molecule has 1 aromatic heterocycles. The molecule has 1 heterocycles. The normalized spacial score (nSPS) is 10.5. The Labute approximate surface area is 104 Å². The van der Waals surface area contributed by atoms with Crippen molar-refractivity contribution in [2.75, 3.05) is 18.5 Å². The minimum Gasteiger partial charge on any atom is -0.462 e. The number of fused-ring (bicyclic) bond motifs is 1. The number of carbonyl (C=O) groups is 1. The number of thiazole rings is 1. The van der Waals surface area contributed by atoms with Crippen LogP contribution in [-0.4, -0.2) is 24.1 Å². The standard InChI is InChI=1S/C12H14N2O2S/c1-3-13-12-14-9-6-5-8(7-10(9)17-12)11(15)16-4-2/h5-7H,3-4H2,1-2H3,(H,13,14). The van der Waals surface area contributed by atoms with Crippen LogP contribution in [0.2, 0.25) is 0 Å². The van der Waals surface area contributed by atoms with Gasteiger partial charge in [-0.25, -0.2) is 9.78 Å². The van der Waals surface area contributed by atoms with E-state index in [1.54, 1.807) is 24.3 Å². The third kappa shape index (κ3) is 2.55. The highest BCUT2D eigenvalue weighted by molar-refractivity contribution is 7.22. The Hall–Kier alpha value is -1.62. The Balaban J connectivity index is 2.33. The van der Waals surface area contributed by atoms with Gasteiger partial charge in [-0.15, -0.1) is 0 Å². The van der Waals surface area contributed by atoms with Crippen molar-refractivity contribution in [1.82, 2.24) is 4.98 Å². The van der Waals surface area contributed by atoms with Gasteiger partial charge in [-0.3, -0.25) is 0 Å². The Bertz CT molecular complexity index is 536. The SMILES string of the molecule is CCNc1nc2ccc(C(=O)OCC)cc2s1. The number of nitrogens with one attached hydrogen (secondary N) is 1. The van der Waals surface area contributed by atoms with E-state index in [-0.39, 0.29) is 5.97 Å². The molecule has 2 rings (SSSR count). The molecule has 0 radical (unpaired) electrons. The molecule has 1 aromatic carbocycles. The average molecular weight is 250 g/mol. The fourth-order valence-electron chi connectivity index (χ4n) is 1.49. The minimum absolute atomic E-state index is 0.284. The van der Waals surface area contributed by atoms with E-state index in [4.69, 9.17) is 4.74 Å². The molecule has 17 heavy (non-hydrogen) atoms. The van der Waals surface area contributed by atoms with Crippen molar-refractivity contribution >= 4 is 32.7 Å². The first-order chi connectivity index (χ1) is 8.24. The number of esters is 1. The van der Waals surface area contributed by atoms with Crippen molar-refractivity contribution in [1.29, 1.82) is 0 Å². The first-order valence-corrected chi connectivity index (χ1v) is 6.37. The van der Waals surface area contributed by atoms with Gasteiger partial charge in [0.25, 0.3) is 0 Å². The molecule has 90 valence electrons. The second-order valence-electron chi connectivity index (χ2n) is 3.45. The van der Waals surface area contributed by atoms with E-state index in [0.29, 0.717) is 12.2 Å². The average Bonchev–Trinajstić information content (AvgIpc) is 2.71. The molecule has 0 atom stereocenters. The van der Waals surface area contributed by atoms with E-state index in [9.17, 15) is 4.79 Å². The first kappa shape index (κ1) is 11.9. The lowest BCUT2D eigenvalue weighted by Gasteiger charge is -2.00. The van der Waals surface area contributed by atoms with Crippen LogP contribution < -0.4 is 5.32 Å². The fraction of sp³-hybridized carbons (Fsp3) is 0.333. The molecule has 5 heteroatoms. The molecule has 0 unspecified atom stereocenters. The molecule has 0 saturated heterocycles. The third-order valence-corrected chi connectivity index (χ3v) is 3.20.